The van der Waals surface area contributed by atoms with Crippen LogP contribution in [0.25, 0.3) is 0 Å². The lowest BCUT2D eigenvalue weighted by molar-refractivity contribution is -0.139. The maximum Gasteiger partial charge on any atom is 0.262 e. The van der Waals surface area contributed by atoms with Crippen LogP contribution < -0.4 is 9.47 Å². The van der Waals surface area contributed by atoms with Crippen molar-refractivity contribution in [3.63, 3.8) is 0 Å². The first kappa shape index (κ1) is 21.5. The summed E-state index contributed by atoms with van der Waals surface area (Å²) in [6.07, 6.45) is 1.50. The van der Waals surface area contributed by atoms with E-state index < -0.39 is 17.9 Å². The van der Waals surface area contributed by atoms with Crippen LogP contribution in [0, 0.1) is 5.92 Å². The first-order chi connectivity index (χ1) is 15.9. The fourth-order valence-corrected chi connectivity index (χ4v) is 5.10. The Hall–Kier alpha value is -3.35. The number of carbonyl (C=O) groups excluding carboxylic acids is 3. The molecule has 7 nitrogen and oxygen atoms in total. The van der Waals surface area contributed by atoms with Gasteiger partial charge in [-0.2, -0.15) is 0 Å². The summed E-state index contributed by atoms with van der Waals surface area (Å²) in [4.78, 5) is 43.0. The predicted octanol–water partition coefficient (Wildman–Crippen LogP) is 3.61. The van der Waals surface area contributed by atoms with Crippen molar-refractivity contribution in [2.45, 2.75) is 45.7 Å². The molecule has 2 unspecified atom stereocenters. The van der Waals surface area contributed by atoms with Crippen LogP contribution in [-0.2, 0) is 11.2 Å². The summed E-state index contributed by atoms with van der Waals surface area (Å²) >= 11 is 0. The number of benzene rings is 2. The monoisotopic (exact) mass is 448 g/mol. The minimum Gasteiger partial charge on any atom is -0.490 e. The molecule has 3 aliphatic heterocycles. The quantitative estimate of drug-likeness (QED) is 0.671. The summed E-state index contributed by atoms with van der Waals surface area (Å²) in [6.45, 7) is 7.47. The average molecular weight is 449 g/mol. The van der Waals surface area contributed by atoms with Gasteiger partial charge in [0.15, 0.2) is 11.5 Å². The number of fused-ring (bicyclic) bond motifs is 3. The molecule has 172 valence electrons. The number of carbonyl (C=O) groups is 3. The van der Waals surface area contributed by atoms with Crippen LogP contribution in [0.5, 0.6) is 11.5 Å². The standard InChI is InChI=1S/C26H28N2O5/c1-15(2)23(28-24(29)18-7-4-5-8-19(18)25(28)30)26(31)27-10-9-17-13-21-22(14-20(17)16(27)3)33-12-6-11-32-21/h4-5,7-8,13-16,23H,6,9-12H2,1-3H3. The van der Waals surface area contributed by atoms with Gasteiger partial charge >= 0.3 is 0 Å². The van der Waals surface area contributed by atoms with E-state index in [1.165, 1.54) is 0 Å². The molecule has 5 rings (SSSR count). The second-order valence-electron chi connectivity index (χ2n) is 9.22. The summed E-state index contributed by atoms with van der Waals surface area (Å²) < 4.78 is 11.7. The molecule has 0 aliphatic carbocycles. The zero-order chi connectivity index (χ0) is 23.3. The van der Waals surface area contributed by atoms with Crippen molar-refractivity contribution in [3.8, 4) is 11.5 Å². The Bertz CT molecular complexity index is 1110. The zero-order valence-electron chi connectivity index (χ0n) is 19.2. The second kappa shape index (κ2) is 8.21. The van der Waals surface area contributed by atoms with Crippen LogP contribution in [-0.4, -0.2) is 53.3 Å². The van der Waals surface area contributed by atoms with Crippen LogP contribution in [0.4, 0.5) is 0 Å². The molecule has 3 heterocycles. The van der Waals surface area contributed by atoms with Crippen molar-refractivity contribution in [1.82, 2.24) is 9.80 Å². The van der Waals surface area contributed by atoms with Gasteiger partial charge in [-0.05, 0) is 54.7 Å². The van der Waals surface area contributed by atoms with E-state index in [1.54, 1.807) is 29.2 Å². The second-order valence-corrected chi connectivity index (χ2v) is 9.22. The SMILES string of the molecule is CC(C)C(C(=O)N1CCc2cc3c(cc2C1C)OCCCO3)N1C(=O)c2ccccc2C1=O. The lowest BCUT2D eigenvalue weighted by Gasteiger charge is -2.40. The molecule has 0 N–H and O–H groups in total. The van der Waals surface area contributed by atoms with Crippen LogP contribution in [0.2, 0.25) is 0 Å². The molecule has 0 saturated carbocycles. The Kier molecular flexibility index (Phi) is 5.35. The highest BCUT2D eigenvalue weighted by atomic mass is 16.5. The first-order valence-electron chi connectivity index (χ1n) is 11.6. The van der Waals surface area contributed by atoms with Gasteiger partial charge in [-0.15, -0.1) is 0 Å². The van der Waals surface area contributed by atoms with Crippen molar-refractivity contribution in [2.75, 3.05) is 19.8 Å². The molecular weight excluding hydrogens is 420 g/mol. The maximum absolute atomic E-state index is 13.9. The molecular formula is C26H28N2O5. The molecule has 3 amide bonds. The topological polar surface area (TPSA) is 76.2 Å². The molecule has 0 saturated heterocycles. The number of amides is 3. The van der Waals surface area contributed by atoms with E-state index >= 15 is 0 Å². The lowest BCUT2D eigenvalue weighted by Crippen LogP contribution is -2.55. The third-order valence-electron chi connectivity index (χ3n) is 6.82. The highest BCUT2D eigenvalue weighted by Crippen LogP contribution is 2.40. The number of ether oxygens (including phenoxy) is 2. The van der Waals surface area contributed by atoms with E-state index in [1.807, 2.05) is 32.9 Å². The molecule has 3 aliphatic rings. The third kappa shape index (κ3) is 3.46. The Morgan fingerprint density at radius 1 is 1.00 bits per heavy atom. The molecule has 0 radical (unpaired) electrons. The number of rotatable bonds is 3. The van der Waals surface area contributed by atoms with Gasteiger partial charge in [0.1, 0.15) is 6.04 Å². The number of nitrogens with zero attached hydrogens (tertiary/aromatic N) is 2. The van der Waals surface area contributed by atoms with Gasteiger partial charge in [0.25, 0.3) is 11.8 Å². The fraction of sp³-hybridized carbons (Fsp3) is 0.423. The molecule has 2 aromatic carbocycles. The van der Waals surface area contributed by atoms with Crippen molar-refractivity contribution >= 4 is 17.7 Å². The summed E-state index contributed by atoms with van der Waals surface area (Å²) in [5, 5.41) is 0. The van der Waals surface area contributed by atoms with E-state index in [4.69, 9.17) is 9.47 Å². The van der Waals surface area contributed by atoms with E-state index in [0.29, 0.717) is 43.1 Å². The van der Waals surface area contributed by atoms with E-state index in [2.05, 4.69) is 0 Å². The fourth-order valence-electron chi connectivity index (χ4n) is 5.10. The van der Waals surface area contributed by atoms with Gasteiger partial charge < -0.3 is 14.4 Å². The van der Waals surface area contributed by atoms with Crippen LogP contribution in [0.15, 0.2) is 36.4 Å². The molecule has 0 bridgehead atoms. The summed E-state index contributed by atoms with van der Waals surface area (Å²) in [6, 6.07) is 9.69. The number of hydrogen-bond donors (Lipinski definition) is 0. The number of imide groups is 1. The Labute approximate surface area is 193 Å². The lowest BCUT2D eigenvalue weighted by atomic mass is 9.91. The average Bonchev–Trinajstić information content (AvgIpc) is 2.95. The van der Waals surface area contributed by atoms with Crippen molar-refractivity contribution in [1.29, 1.82) is 0 Å². The van der Waals surface area contributed by atoms with E-state index in [9.17, 15) is 14.4 Å². The molecule has 0 aromatic heterocycles. The van der Waals surface area contributed by atoms with Crippen LogP contribution in [0.1, 0.15) is 65.1 Å². The van der Waals surface area contributed by atoms with Crippen molar-refractivity contribution < 1.29 is 23.9 Å². The van der Waals surface area contributed by atoms with Gasteiger partial charge in [0, 0.05) is 13.0 Å². The molecule has 33 heavy (non-hydrogen) atoms. The minimum atomic E-state index is -0.859. The number of hydrogen-bond acceptors (Lipinski definition) is 5. The minimum absolute atomic E-state index is 0.204. The van der Waals surface area contributed by atoms with Crippen LogP contribution in [0.3, 0.4) is 0 Å². The predicted molar refractivity (Wildman–Crippen MR) is 121 cm³/mol. The zero-order valence-corrected chi connectivity index (χ0v) is 19.2. The molecule has 2 atom stereocenters. The largest absolute Gasteiger partial charge is 0.490 e. The van der Waals surface area contributed by atoms with Gasteiger partial charge in [-0.25, -0.2) is 0 Å². The van der Waals surface area contributed by atoms with E-state index in [0.717, 1.165) is 28.2 Å². The highest BCUT2D eigenvalue weighted by molar-refractivity contribution is 6.22. The normalized spacial score (nSPS) is 20.4. The van der Waals surface area contributed by atoms with Gasteiger partial charge in [-0.3, -0.25) is 19.3 Å². The Balaban J connectivity index is 1.46. The third-order valence-corrected chi connectivity index (χ3v) is 6.82. The Morgan fingerprint density at radius 2 is 1.61 bits per heavy atom. The summed E-state index contributed by atoms with van der Waals surface area (Å²) in [7, 11) is 0. The summed E-state index contributed by atoms with van der Waals surface area (Å²) in [5.74, 6) is 0.228. The smallest absolute Gasteiger partial charge is 0.262 e. The molecule has 2 aromatic rings. The highest BCUT2D eigenvalue weighted by Gasteiger charge is 2.46. The molecule has 0 spiro atoms. The molecule has 0 fully saturated rings. The van der Waals surface area contributed by atoms with Crippen molar-refractivity contribution in [3.05, 3.63) is 58.7 Å². The van der Waals surface area contributed by atoms with Gasteiger partial charge in [-0.1, -0.05) is 26.0 Å². The Morgan fingerprint density at radius 3 is 2.21 bits per heavy atom. The summed E-state index contributed by atoms with van der Waals surface area (Å²) in [5.41, 5.74) is 2.87. The van der Waals surface area contributed by atoms with E-state index in [-0.39, 0.29) is 17.9 Å². The first-order valence-corrected chi connectivity index (χ1v) is 11.6. The van der Waals surface area contributed by atoms with Crippen LogP contribution >= 0.6 is 0 Å². The van der Waals surface area contributed by atoms with Crippen molar-refractivity contribution in [2.24, 2.45) is 5.92 Å². The molecule has 7 heteroatoms. The van der Waals surface area contributed by atoms with Gasteiger partial charge in [0.05, 0.1) is 30.4 Å². The van der Waals surface area contributed by atoms with Gasteiger partial charge in [0.2, 0.25) is 5.91 Å². The maximum atomic E-state index is 13.9.